The Labute approximate surface area is 210 Å². The second-order valence-corrected chi connectivity index (χ2v) is 12.9. The van der Waals surface area contributed by atoms with Gasteiger partial charge in [-0.25, -0.2) is 0 Å². The molecule has 4 fully saturated rings. The second-order valence-electron chi connectivity index (χ2n) is 12.9. The van der Waals surface area contributed by atoms with Gasteiger partial charge in [-0.3, -0.25) is 14.4 Å². The fraction of sp³-hybridized carbons (Fsp3) is 0.897. The first-order chi connectivity index (χ1) is 16.5. The summed E-state index contributed by atoms with van der Waals surface area (Å²) in [5.74, 6) is 2.24. The zero-order valence-corrected chi connectivity index (χ0v) is 22.0. The van der Waals surface area contributed by atoms with Crippen molar-refractivity contribution in [3.8, 4) is 0 Å². The van der Waals surface area contributed by atoms with E-state index in [0.717, 1.165) is 43.4 Å². The lowest BCUT2D eigenvalue weighted by atomic mass is 9.44. The van der Waals surface area contributed by atoms with Crippen LogP contribution in [0.25, 0.3) is 0 Å². The molecule has 4 aliphatic carbocycles. The first-order valence-corrected chi connectivity index (χ1v) is 14.2. The lowest BCUT2D eigenvalue weighted by Gasteiger charge is -2.61. The fourth-order valence-corrected chi connectivity index (χ4v) is 9.48. The molecule has 0 bridgehead atoms. The first-order valence-electron chi connectivity index (χ1n) is 14.2. The van der Waals surface area contributed by atoms with Crippen molar-refractivity contribution in [3.05, 3.63) is 0 Å². The highest BCUT2D eigenvalue weighted by Gasteiger charge is 2.60. The molecule has 0 spiro atoms. The number of rotatable bonds is 9. The van der Waals surface area contributed by atoms with Crippen molar-refractivity contribution >= 4 is 17.9 Å². The van der Waals surface area contributed by atoms with E-state index >= 15 is 0 Å². The van der Waals surface area contributed by atoms with Gasteiger partial charge in [0.15, 0.2) is 0 Å². The molecule has 0 aliphatic heterocycles. The maximum atomic E-state index is 12.2. The Kier molecular flexibility index (Phi) is 7.88. The minimum atomic E-state index is -0.866. The van der Waals surface area contributed by atoms with Gasteiger partial charge >= 0.3 is 17.9 Å². The van der Waals surface area contributed by atoms with Gasteiger partial charge in [0, 0.05) is 19.3 Å². The smallest absolute Gasteiger partial charge is 0.306 e. The number of carboxylic acids is 2. The summed E-state index contributed by atoms with van der Waals surface area (Å²) < 4.78 is 5.80. The highest BCUT2D eigenvalue weighted by atomic mass is 16.5. The van der Waals surface area contributed by atoms with Gasteiger partial charge in [-0.15, -0.1) is 0 Å². The van der Waals surface area contributed by atoms with Crippen LogP contribution in [0.4, 0.5) is 0 Å². The van der Waals surface area contributed by atoms with Crippen LogP contribution in [0, 0.1) is 46.3 Å². The van der Waals surface area contributed by atoms with Crippen molar-refractivity contribution in [1.29, 1.82) is 0 Å². The molecule has 4 aliphatic rings. The summed E-state index contributed by atoms with van der Waals surface area (Å²) in [5, 5.41) is 18.0. The monoisotopic (exact) mass is 490 g/mol. The Morgan fingerprint density at radius 2 is 1.54 bits per heavy atom. The van der Waals surface area contributed by atoms with Crippen LogP contribution in [0.1, 0.15) is 111 Å². The van der Waals surface area contributed by atoms with Gasteiger partial charge in [0.2, 0.25) is 0 Å². The van der Waals surface area contributed by atoms with Crippen LogP contribution in [0.15, 0.2) is 0 Å². The largest absolute Gasteiger partial charge is 0.481 e. The lowest BCUT2D eigenvalue weighted by molar-refractivity contribution is -0.163. The molecular formula is C29H46O6. The molecule has 2 N–H and O–H groups in total. The summed E-state index contributed by atoms with van der Waals surface area (Å²) >= 11 is 0. The maximum absolute atomic E-state index is 12.2. The van der Waals surface area contributed by atoms with Crippen LogP contribution >= 0.6 is 0 Å². The highest BCUT2D eigenvalue weighted by Crippen LogP contribution is 2.68. The van der Waals surface area contributed by atoms with Gasteiger partial charge in [-0.1, -0.05) is 20.8 Å². The molecular weight excluding hydrogens is 444 g/mol. The normalized spacial score (nSPS) is 41.2. The van der Waals surface area contributed by atoms with Crippen LogP contribution in [0.3, 0.4) is 0 Å². The molecule has 3 unspecified atom stereocenters. The molecule has 6 nitrogen and oxygen atoms in total. The number of carboxylic acid groups (broad SMARTS) is 2. The van der Waals surface area contributed by atoms with Crippen molar-refractivity contribution < 1.29 is 29.3 Å². The third kappa shape index (κ3) is 5.27. The highest BCUT2D eigenvalue weighted by molar-refractivity contribution is 5.71. The summed E-state index contributed by atoms with van der Waals surface area (Å²) in [4.78, 5) is 34.1. The molecule has 0 aromatic carbocycles. The van der Waals surface area contributed by atoms with E-state index in [4.69, 9.17) is 9.84 Å². The van der Waals surface area contributed by atoms with E-state index in [0.29, 0.717) is 35.0 Å². The number of hydrogen-bond acceptors (Lipinski definition) is 4. The predicted octanol–water partition coefficient (Wildman–Crippen LogP) is 6.31. The van der Waals surface area contributed by atoms with Crippen LogP contribution < -0.4 is 0 Å². The summed E-state index contributed by atoms with van der Waals surface area (Å²) in [5.41, 5.74) is 0.675. The number of aliphatic carboxylic acids is 2. The molecule has 4 rings (SSSR count). The minimum Gasteiger partial charge on any atom is -0.481 e. The van der Waals surface area contributed by atoms with Gasteiger partial charge in [0.25, 0.3) is 0 Å². The van der Waals surface area contributed by atoms with Crippen LogP contribution in [-0.4, -0.2) is 34.2 Å². The van der Waals surface area contributed by atoms with E-state index in [9.17, 15) is 19.5 Å². The van der Waals surface area contributed by atoms with Crippen LogP contribution in [-0.2, 0) is 19.1 Å². The maximum Gasteiger partial charge on any atom is 0.306 e. The van der Waals surface area contributed by atoms with Crippen LogP contribution in [0.2, 0.25) is 0 Å². The molecule has 9 atom stereocenters. The van der Waals surface area contributed by atoms with E-state index in [1.807, 2.05) is 0 Å². The topological polar surface area (TPSA) is 101 Å². The Balaban J connectivity index is 1.36. The lowest BCUT2D eigenvalue weighted by Crippen LogP contribution is -2.54. The number of fused-ring (bicyclic) bond motifs is 5. The zero-order chi connectivity index (χ0) is 25.4. The number of carbonyl (C=O) groups is 3. The van der Waals surface area contributed by atoms with Crippen molar-refractivity contribution in [2.75, 3.05) is 0 Å². The minimum absolute atomic E-state index is 0.0123. The second kappa shape index (κ2) is 10.4. The average molecular weight is 491 g/mol. The Morgan fingerprint density at radius 3 is 2.26 bits per heavy atom. The first kappa shape index (κ1) is 26.5. The molecule has 4 saturated carbocycles. The summed E-state index contributed by atoms with van der Waals surface area (Å²) in [6, 6.07) is 0. The van der Waals surface area contributed by atoms with Gasteiger partial charge in [-0.05, 0) is 117 Å². The Hall–Kier alpha value is -1.59. The van der Waals surface area contributed by atoms with E-state index in [2.05, 4.69) is 20.8 Å². The Morgan fingerprint density at radius 1 is 0.857 bits per heavy atom. The SMILES string of the molecule is C[C@H](CCC(=O)O)C1CCC2[C@@H]3CC[C@@H]4C[C@@H](OC(=O)CCCC(=O)O)CC[C@]4(C)C3CC[C@@]21C. The van der Waals surface area contributed by atoms with E-state index in [1.54, 1.807) is 0 Å². The third-order valence-corrected chi connectivity index (χ3v) is 11.3. The quantitative estimate of drug-likeness (QED) is 0.367. The number of ether oxygens (including phenoxy) is 1. The molecule has 6 heteroatoms. The van der Waals surface area contributed by atoms with Gasteiger partial charge in [-0.2, -0.15) is 0 Å². The molecule has 0 aromatic heterocycles. The standard InChI is InChI=1S/C29H46O6/c1-18(7-12-26(32)33)22-10-11-23-21-9-8-19-17-20(35-27(34)6-4-5-25(30)31)13-15-28(19,2)24(21)14-16-29(22,23)3/h18-24H,4-17H2,1-3H3,(H,30,31)(H,32,33)/t18-,19-,20+,21+,22?,23?,24?,28+,29-/m1/s1. The molecule has 0 heterocycles. The average Bonchev–Trinajstić information content (AvgIpc) is 3.14. The molecule has 0 aromatic rings. The molecule has 0 saturated heterocycles. The fourth-order valence-electron chi connectivity index (χ4n) is 9.48. The van der Waals surface area contributed by atoms with Crippen molar-refractivity contribution in [2.24, 2.45) is 46.3 Å². The van der Waals surface area contributed by atoms with Gasteiger partial charge < -0.3 is 14.9 Å². The number of esters is 1. The molecule has 0 amide bonds. The molecule has 35 heavy (non-hydrogen) atoms. The molecule has 198 valence electrons. The van der Waals surface area contributed by atoms with Crippen molar-refractivity contribution in [2.45, 2.75) is 117 Å². The van der Waals surface area contributed by atoms with Crippen molar-refractivity contribution in [3.63, 3.8) is 0 Å². The predicted molar refractivity (Wildman–Crippen MR) is 133 cm³/mol. The van der Waals surface area contributed by atoms with E-state index < -0.39 is 11.9 Å². The number of hydrogen-bond donors (Lipinski definition) is 2. The summed E-state index contributed by atoms with van der Waals surface area (Å²) in [7, 11) is 0. The summed E-state index contributed by atoms with van der Waals surface area (Å²) in [6.07, 6.45) is 12.3. The van der Waals surface area contributed by atoms with E-state index in [-0.39, 0.29) is 31.3 Å². The van der Waals surface area contributed by atoms with Gasteiger partial charge in [0.1, 0.15) is 6.10 Å². The zero-order valence-electron chi connectivity index (χ0n) is 22.0. The van der Waals surface area contributed by atoms with Crippen LogP contribution in [0.5, 0.6) is 0 Å². The number of carbonyl (C=O) groups excluding carboxylic acids is 1. The van der Waals surface area contributed by atoms with E-state index in [1.165, 1.54) is 38.5 Å². The van der Waals surface area contributed by atoms with Crippen molar-refractivity contribution in [1.82, 2.24) is 0 Å². The Bertz CT molecular complexity index is 809. The molecule has 0 radical (unpaired) electrons. The summed E-state index contributed by atoms with van der Waals surface area (Å²) in [6.45, 7) is 7.33. The van der Waals surface area contributed by atoms with Gasteiger partial charge in [0.05, 0.1) is 0 Å². The third-order valence-electron chi connectivity index (χ3n) is 11.3.